The lowest BCUT2D eigenvalue weighted by atomic mass is 9.99. The Hall–Kier alpha value is -0.995. The highest BCUT2D eigenvalue weighted by Gasteiger charge is 2.11. The number of halogens is 3. The first kappa shape index (κ1) is 13.0. The molecule has 0 saturated carbocycles. The second-order valence-electron chi connectivity index (χ2n) is 3.32. The van der Waals surface area contributed by atoms with Gasteiger partial charge in [0.25, 0.3) is 0 Å². The van der Waals surface area contributed by atoms with Gasteiger partial charge in [-0.2, -0.15) is 0 Å². The third kappa shape index (κ3) is 9.10. The van der Waals surface area contributed by atoms with E-state index in [1.54, 1.807) is 0 Å². The SMILES string of the molecule is CC(C)[n+]1ccccc1.C[B-](F)(F)F. The van der Waals surface area contributed by atoms with Gasteiger partial charge in [-0.05, 0) is 13.8 Å². The zero-order valence-corrected chi connectivity index (χ0v) is 8.62. The van der Waals surface area contributed by atoms with Gasteiger partial charge in [0.15, 0.2) is 18.4 Å². The highest BCUT2D eigenvalue weighted by atomic mass is 19.4. The Balaban J connectivity index is 0.000000292. The molecule has 0 unspecified atom stereocenters. The molecule has 0 fully saturated rings. The summed E-state index contributed by atoms with van der Waals surface area (Å²) in [7, 11) is 0. The van der Waals surface area contributed by atoms with E-state index in [4.69, 9.17) is 0 Å². The van der Waals surface area contributed by atoms with Crippen molar-refractivity contribution in [1.29, 1.82) is 0 Å². The van der Waals surface area contributed by atoms with Crippen LogP contribution in [0, 0.1) is 0 Å². The smallest absolute Gasteiger partial charge is 0.449 e. The second kappa shape index (κ2) is 5.68. The summed E-state index contributed by atoms with van der Waals surface area (Å²) in [6.45, 7) is 0.0833. The predicted molar refractivity (Wildman–Crippen MR) is 52.0 cm³/mol. The monoisotopic (exact) mass is 205 g/mol. The summed E-state index contributed by atoms with van der Waals surface area (Å²) in [5.41, 5.74) is 0. The van der Waals surface area contributed by atoms with E-state index in [0.717, 1.165) is 0 Å². The number of hydrogen-bond acceptors (Lipinski definition) is 0. The number of aromatic nitrogens is 1. The summed E-state index contributed by atoms with van der Waals surface area (Å²) in [5.74, 6) is 0. The summed E-state index contributed by atoms with van der Waals surface area (Å²) in [6, 6.07) is 6.69. The fraction of sp³-hybridized carbons (Fsp3) is 0.444. The minimum atomic E-state index is -4.50. The van der Waals surface area contributed by atoms with E-state index in [0.29, 0.717) is 6.04 Å². The summed E-state index contributed by atoms with van der Waals surface area (Å²) < 4.78 is 33.4. The summed E-state index contributed by atoms with van der Waals surface area (Å²) in [5, 5.41) is 0. The molecule has 0 aliphatic rings. The lowest BCUT2D eigenvalue weighted by molar-refractivity contribution is -0.716. The van der Waals surface area contributed by atoms with Crippen LogP contribution in [0.25, 0.3) is 0 Å². The maximum atomic E-state index is 10.4. The topological polar surface area (TPSA) is 3.88 Å². The predicted octanol–water partition coefficient (Wildman–Crippen LogP) is 3.02. The van der Waals surface area contributed by atoms with E-state index in [1.807, 2.05) is 18.2 Å². The molecule has 0 radical (unpaired) electrons. The van der Waals surface area contributed by atoms with Crippen molar-refractivity contribution >= 4 is 6.98 Å². The largest absolute Gasteiger partial charge is 0.475 e. The Morgan fingerprint density at radius 1 is 1.00 bits per heavy atom. The van der Waals surface area contributed by atoms with E-state index >= 15 is 0 Å². The average Bonchev–Trinajstić information content (AvgIpc) is 2.03. The van der Waals surface area contributed by atoms with E-state index in [-0.39, 0.29) is 6.82 Å². The highest BCUT2D eigenvalue weighted by molar-refractivity contribution is 6.56. The molecule has 1 aromatic rings. The van der Waals surface area contributed by atoms with Gasteiger partial charge in [-0.3, -0.25) is 0 Å². The van der Waals surface area contributed by atoms with Crippen molar-refractivity contribution in [2.45, 2.75) is 26.7 Å². The Morgan fingerprint density at radius 3 is 1.57 bits per heavy atom. The number of nitrogens with zero attached hydrogens (tertiary/aromatic N) is 1. The molecule has 1 rings (SSSR count). The van der Waals surface area contributed by atoms with Crippen molar-refractivity contribution in [3.8, 4) is 0 Å². The van der Waals surface area contributed by atoms with Gasteiger partial charge in [0, 0.05) is 12.1 Å². The van der Waals surface area contributed by atoms with Crippen LogP contribution in [0.2, 0.25) is 6.82 Å². The van der Waals surface area contributed by atoms with E-state index < -0.39 is 6.98 Å². The molecule has 0 amide bonds. The minimum Gasteiger partial charge on any atom is -0.449 e. The highest BCUT2D eigenvalue weighted by Crippen LogP contribution is 2.03. The normalized spacial score (nSPS) is 10.8. The molecule has 1 aromatic heterocycles. The molecule has 0 saturated heterocycles. The molecule has 0 bridgehead atoms. The number of hydrogen-bond donors (Lipinski definition) is 0. The quantitative estimate of drug-likeness (QED) is 0.490. The first-order valence-corrected chi connectivity index (χ1v) is 4.49. The van der Waals surface area contributed by atoms with Crippen LogP contribution in [0.3, 0.4) is 0 Å². The van der Waals surface area contributed by atoms with Crippen LogP contribution in [0.1, 0.15) is 19.9 Å². The molecule has 0 atom stereocenters. The van der Waals surface area contributed by atoms with Crippen molar-refractivity contribution in [3.63, 3.8) is 0 Å². The van der Waals surface area contributed by atoms with E-state index in [9.17, 15) is 12.9 Å². The van der Waals surface area contributed by atoms with Gasteiger partial charge in [-0.25, -0.2) is 4.57 Å². The maximum Gasteiger partial charge on any atom is 0.475 e. The van der Waals surface area contributed by atoms with E-state index in [2.05, 4.69) is 30.8 Å². The van der Waals surface area contributed by atoms with Crippen molar-refractivity contribution in [1.82, 2.24) is 0 Å². The molecular weight excluding hydrogens is 190 g/mol. The fourth-order valence-electron chi connectivity index (χ4n) is 0.756. The third-order valence-electron chi connectivity index (χ3n) is 1.33. The lowest BCUT2D eigenvalue weighted by Gasteiger charge is -1.99. The van der Waals surface area contributed by atoms with Gasteiger partial charge >= 0.3 is 6.98 Å². The Morgan fingerprint density at radius 2 is 1.36 bits per heavy atom. The molecule has 1 heterocycles. The van der Waals surface area contributed by atoms with Crippen LogP contribution in [-0.2, 0) is 0 Å². The Bertz CT molecular complexity index is 240. The number of pyridine rings is 1. The van der Waals surface area contributed by atoms with Crippen molar-refractivity contribution in [3.05, 3.63) is 30.6 Å². The zero-order valence-electron chi connectivity index (χ0n) is 8.62. The first-order valence-electron chi connectivity index (χ1n) is 4.49. The van der Waals surface area contributed by atoms with Gasteiger partial charge < -0.3 is 12.9 Å². The van der Waals surface area contributed by atoms with Gasteiger partial charge in [-0.15, -0.1) is 0 Å². The van der Waals surface area contributed by atoms with Gasteiger partial charge in [0.1, 0.15) is 0 Å². The average molecular weight is 205 g/mol. The first-order chi connectivity index (χ1) is 6.30. The van der Waals surface area contributed by atoms with Crippen LogP contribution in [0.15, 0.2) is 30.6 Å². The zero-order chi connectivity index (χ0) is 11.2. The molecule has 0 aliphatic carbocycles. The molecule has 80 valence electrons. The molecule has 0 spiro atoms. The van der Waals surface area contributed by atoms with Gasteiger partial charge in [-0.1, -0.05) is 12.9 Å². The van der Waals surface area contributed by atoms with Crippen molar-refractivity contribution in [2.24, 2.45) is 0 Å². The molecule has 1 nitrogen and oxygen atoms in total. The molecule has 5 heteroatoms. The molecule has 0 aromatic carbocycles. The van der Waals surface area contributed by atoms with Crippen LogP contribution >= 0.6 is 0 Å². The van der Waals surface area contributed by atoms with E-state index in [1.165, 1.54) is 0 Å². The Labute approximate surface area is 82.6 Å². The molecule has 0 N–H and O–H groups in total. The number of rotatable bonds is 1. The minimum absolute atomic E-state index is 0.250. The standard InChI is InChI=1S/C8H12N.CH3BF3/c1-8(2)9-6-4-3-5-7-9;1-2(3,4)5/h3-8H,1-2H3;1H3/q+1;-1. The van der Waals surface area contributed by atoms with Gasteiger partial charge in [0.2, 0.25) is 0 Å². The fourth-order valence-corrected chi connectivity index (χ4v) is 0.756. The lowest BCUT2D eigenvalue weighted by Crippen LogP contribution is -2.34. The summed E-state index contributed by atoms with van der Waals surface area (Å²) in [6.07, 6.45) is 4.15. The maximum absolute atomic E-state index is 10.4. The molecule has 0 aliphatic heterocycles. The molecular formula is C9H15BF3N. The van der Waals surface area contributed by atoms with Crippen LogP contribution in [0.4, 0.5) is 12.9 Å². The third-order valence-corrected chi connectivity index (χ3v) is 1.33. The van der Waals surface area contributed by atoms with Crippen molar-refractivity contribution < 1.29 is 17.5 Å². The van der Waals surface area contributed by atoms with Gasteiger partial charge in [0.05, 0.1) is 0 Å². The summed E-state index contributed by atoms with van der Waals surface area (Å²) >= 11 is 0. The van der Waals surface area contributed by atoms with Crippen LogP contribution < -0.4 is 4.57 Å². The second-order valence-corrected chi connectivity index (χ2v) is 3.32. The van der Waals surface area contributed by atoms with Crippen LogP contribution in [0.5, 0.6) is 0 Å². The summed E-state index contributed by atoms with van der Waals surface area (Å²) in [4.78, 5) is 0. The Kier molecular flexibility index (Phi) is 5.27. The molecule has 14 heavy (non-hydrogen) atoms. The van der Waals surface area contributed by atoms with Crippen LogP contribution in [-0.4, -0.2) is 6.98 Å². The van der Waals surface area contributed by atoms with Crippen molar-refractivity contribution in [2.75, 3.05) is 0 Å².